The van der Waals surface area contributed by atoms with Gasteiger partial charge in [0.15, 0.2) is 0 Å². The summed E-state index contributed by atoms with van der Waals surface area (Å²) in [6.07, 6.45) is 4.38. The second kappa shape index (κ2) is 7.99. The molecule has 0 saturated carbocycles. The Labute approximate surface area is 108 Å². The second-order valence-corrected chi connectivity index (χ2v) is 5.39. The van der Waals surface area contributed by atoms with Crippen LogP contribution in [0.4, 0.5) is 0 Å². The Morgan fingerprint density at radius 2 is 2.12 bits per heavy atom. The summed E-state index contributed by atoms with van der Waals surface area (Å²) >= 11 is 8.02. The van der Waals surface area contributed by atoms with Crippen LogP contribution in [0, 0.1) is 0 Å². The number of thioether (sulfide) groups is 1. The van der Waals surface area contributed by atoms with E-state index < -0.39 is 0 Å². The Kier molecular flexibility index (Phi) is 6.93. The zero-order valence-corrected chi connectivity index (χ0v) is 11.6. The molecule has 3 heteroatoms. The van der Waals surface area contributed by atoms with E-state index in [0.717, 1.165) is 18.0 Å². The van der Waals surface area contributed by atoms with E-state index in [1.165, 1.54) is 17.7 Å². The van der Waals surface area contributed by atoms with E-state index in [1.807, 2.05) is 30.0 Å². The molecule has 0 spiro atoms. The predicted molar refractivity (Wildman–Crippen MR) is 75.6 cm³/mol. The molecule has 0 radical (unpaired) electrons. The zero-order chi connectivity index (χ0) is 11.8. The van der Waals surface area contributed by atoms with Gasteiger partial charge in [-0.15, -0.1) is 0 Å². The minimum Gasteiger partial charge on any atom is -0.314 e. The summed E-state index contributed by atoms with van der Waals surface area (Å²) in [5, 5.41) is 4.40. The summed E-state index contributed by atoms with van der Waals surface area (Å²) in [4.78, 5) is 0. The molecule has 1 aromatic rings. The number of hydrogen-bond donors (Lipinski definition) is 1. The van der Waals surface area contributed by atoms with Gasteiger partial charge in [0.05, 0.1) is 0 Å². The van der Waals surface area contributed by atoms with E-state index >= 15 is 0 Å². The van der Waals surface area contributed by atoms with Crippen LogP contribution in [-0.4, -0.2) is 24.6 Å². The average molecular weight is 258 g/mol. The predicted octanol–water partition coefficient (Wildman–Crippen LogP) is 3.61. The molecule has 0 aliphatic heterocycles. The molecule has 1 nitrogen and oxygen atoms in total. The van der Waals surface area contributed by atoms with Gasteiger partial charge in [0.25, 0.3) is 0 Å². The highest BCUT2D eigenvalue weighted by atomic mass is 35.5. The molecule has 0 bridgehead atoms. The number of rotatable bonds is 7. The molecule has 0 saturated heterocycles. The quantitative estimate of drug-likeness (QED) is 0.749. The SMILES string of the molecule is CSCCCNC(C)Cc1ccccc1Cl. The van der Waals surface area contributed by atoms with Gasteiger partial charge in [0.1, 0.15) is 0 Å². The Bertz CT molecular complexity index is 304. The molecule has 0 aromatic heterocycles. The lowest BCUT2D eigenvalue weighted by Gasteiger charge is -2.14. The first-order valence-electron chi connectivity index (χ1n) is 5.69. The van der Waals surface area contributed by atoms with Gasteiger partial charge >= 0.3 is 0 Å². The van der Waals surface area contributed by atoms with Crippen molar-refractivity contribution in [1.82, 2.24) is 5.32 Å². The highest BCUT2D eigenvalue weighted by molar-refractivity contribution is 7.98. The van der Waals surface area contributed by atoms with Gasteiger partial charge in [-0.3, -0.25) is 0 Å². The van der Waals surface area contributed by atoms with Crippen molar-refractivity contribution in [2.45, 2.75) is 25.8 Å². The van der Waals surface area contributed by atoms with E-state index in [-0.39, 0.29) is 0 Å². The molecule has 1 unspecified atom stereocenters. The fourth-order valence-corrected chi connectivity index (χ4v) is 2.28. The monoisotopic (exact) mass is 257 g/mol. The van der Waals surface area contributed by atoms with Crippen LogP contribution in [-0.2, 0) is 6.42 Å². The van der Waals surface area contributed by atoms with Gasteiger partial charge in [0, 0.05) is 11.1 Å². The van der Waals surface area contributed by atoms with E-state index in [9.17, 15) is 0 Å². The summed E-state index contributed by atoms with van der Waals surface area (Å²) in [7, 11) is 0. The Morgan fingerprint density at radius 1 is 1.38 bits per heavy atom. The summed E-state index contributed by atoms with van der Waals surface area (Å²) < 4.78 is 0. The second-order valence-electron chi connectivity index (χ2n) is 4.00. The van der Waals surface area contributed by atoms with Crippen LogP contribution in [0.15, 0.2) is 24.3 Å². The molecule has 90 valence electrons. The van der Waals surface area contributed by atoms with Crippen molar-refractivity contribution in [3.63, 3.8) is 0 Å². The summed E-state index contributed by atoms with van der Waals surface area (Å²) in [5.41, 5.74) is 1.23. The van der Waals surface area contributed by atoms with Crippen LogP contribution in [0.1, 0.15) is 18.9 Å². The first-order chi connectivity index (χ1) is 7.74. The molecule has 16 heavy (non-hydrogen) atoms. The zero-order valence-electron chi connectivity index (χ0n) is 10.0. The molecular formula is C13H20ClNS. The smallest absolute Gasteiger partial charge is 0.0438 e. The molecule has 0 fully saturated rings. The Hall–Kier alpha value is -0.180. The molecule has 0 aliphatic rings. The standard InChI is InChI=1S/C13H20ClNS/c1-11(15-8-5-9-16-2)10-12-6-3-4-7-13(12)14/h3-4,6-7,11,15H,5,8-10H2,1-2H3. The molecule has 1 rings (SSSR count). The van der Waals surface area contributed by atoms with Crippen molar-refractivity contribution in [3.05, 3.63) is 34.9 Å². The maximum absolute atomic E-state index is 6.12. The van der Waals surface area contributed by atoms with Crippen LogP contribution in [0.3, 0.4) is 0 Å². The Morgan fingerprint density at radius 3 is 2.81 bits per heavy atom. The fraction of sp³-hybridized carbons (Fsp3) is 0.538. The number of benzene rings is 1. The van der Waals surface area contributed by atoms with Crippen molar-refractivity contribution in [2.75, 3.05) is 18.6 Å². The first-order valence-corrected chi connectivity index (χ1v) is 7.47. The molecule has 1 N–H and O–H groups in total. The van der Waals surface area contributed by atoms with E-state index in [2.05, 4.69) is 24.6 Å². The van der Waals surface area contributed by atoms with E-state index in [4.69, 9.17) is 11.6 Å². The maximum atomic E-state index is 6.12. The van der Waals surface area contributed by atoms with Gasteiger partial charge in [-0.2, -0.15) is 11.8 Å². The van der Waals surface area contributed by atoms with Crippen molar-refractivity contribution in [2.24, 2.45) is 0 Å². The summed E-state index contributed by atoms with van der Waals surface area (Å²) in [6, 6.07) is 8.56. The van der Waals surface area contributed by atoms with Crippen LogP contribution in [0.25, 0.3) is 0 Å². The van der Waals surface area contributed by atoms with Gasteiger partial charge in [-0.05, 0) is 49.9 Å². The maximum Gasteiger partial charge on any atom is 0.0438 e. The fourth-order valence-electron chi connectivity index (χ4n) is 1.63. The number of hydrogen-bond acceptors (Lipinski definition) is 2. The van der Waals surface area contributed by atoms with Gasteiger partial charge in [0.2, 0.25) is 0 Å². The van der Waals surface area contributed by atoms with E-state index in [0.29, 0.717) is 6.04 Å². The highest BCUT2D eigenvalue weighted by Crippen LogP contribution is 2.16. The van der Waals surface area contributed by atoms with Crippen LogP contribution in [0.2, 0.25) is 5.02 Å². The van der Waals surface area contributed by atoms with Gasteiger partial charge in [-0.1, -0.05) is 29.8 Å². The lowest BCUT2D eigenvalue weighted by atomic mass is 10.1. The first kappa shape index (κ1) is 13.9. The van der Waals surface area contributed by atoms with Crippen molar-refractivity contribution in [3.8, 4) is 0 Å². The van der Waals surface area contributed by atoms with Gasteiger partial charge < -0.3 is 5.32 Å². The molecule has 1 atom stereocenters. The number of nitrogens with one attached hydrogen (secondary N) is 1. The highest BCUT2D eigenvalue weighted by Gasteiger charge is 2.05. The third-order valence-corrected chi connectivity index (χ3v) is 3.57. The average Bonchev–Trinajstić information content (AvgIpc) is 2.28. The molecular weight excluding hydrogens is 238 g/mol. The van der Waals surface area contributed by atoms with Crippen LogP contribution in [0.5, 0.6) is 0 Å². The van der Waals surface area contributed by atoms with Crippen LogP contribution < -0.4 is 5.32 Å². The molecule has 1 aromatic carbocycles. The largest absolute Gasteiger partial charge is 0.314 e. The van der Waals surface area contributed by atoms with Crippen molar-refractivity contribution >= 4 is 23.4 Å². The van der Waals surface area contributed by atoms with Crippen molar-refractivity contribution < 1.29 is 0 Å². The minimum absolute atomic E-state index is 0.488. The third kappa shape index (κ3) is 5.24. The van der Waals surface area contributed by atoms with Gasteiger partial charge in [-0.25, -0.2) is 0 Å². The van der Waals surface area contributed by atoms with Crippen molar-refractivity contribution in [1.29, 1.82) is 0 Å². The Balaban J connectivity index is 2.28. The minimum atomic E-state index is 0.488. The lowest BCUT2D eigenvalue weighted by Crippen LogP contribution is -2.29. The summed E-state index contributed by atoms with van der Waals surface area (Å²) in [5.74, 6) is 1.23. The lowest BCUT2D eigenvalue weighted by molar-refractivity contribution is 0.545. The van der Waals surface area contributed by atoms with Crippen LogP contribution >= 0.6 is 23.4 Å². The summed E-state index contributed by atoms with van der Waals surface area (Å²) in [6.45, 7) is 3.30. The molecule has 0 amide bonds. The topological polar surface area (TPSA) is 12.0 Å². The third-order valence-electron chi connectivity index (χ3n) is 2.50. The normalized spacial score (nSPS) is 12.7. The number of halogens is 1. The molecule has 0 aliphatic carbocycles. The van der Waals surface area contributed by atoms with E-state index in [1.54, 1.807) is 0 Å². The molecule has 0 heterocycles.